The number of carbonyl (C=O) groups excluding carboxylic acids is 1. The minimum absolute atomic E-state index is 0.0540. The van der Waals surface area contributed by atoms with E-state index in [1.807, 2.05) is 62.4 Å². The lowest BCUT2D eigenvalue weighted by Gasteiger charge is -2.14. The molecule has 1 atom stereocenters. The first-order valence-electron chi connectivity index (χ1n) is 7.84. The average molecular weight is 312 g/mol. The molecule has 0 fully saturated rings. The maximum atomic E-state index is 11.9. The van der Waals surface area contributed by atoms with Crippen molar-refractivity contribution in [3.63, 3.8) is 0 Å². The maximum Gasteiger partial charge on any atom is 0.223 e. The van der Waals surface area contributed by atoms with Crippen molar-refractivity contribution in [1.29, 1.82) is 0 Å². The van der Waals surface area contributed by atoms with Crippen LogP contribution in [0.15, 0.2) is 48.5 Å². The van der Waals surface area contributed by atoms with E-state index in [9.17, 15) is 4.79 Å². The Hall–Kier alpha value is -2.33. The van der Waals surface area contributed by atoms with E-state index in [0.29, 0.717) is 19.6 Å². The van der Waals surface area contributed by atoms with Crippen LogP contribution in [0.2, 0.25) is 0 Å². The summed E-state index contributed by atoms with van der Waals surface area (Å²) < 4.78 is 5.69. The van der Waals surface area contributed by atoms with Gasteiger partial charge >= 0.3 is 0 Å². The minimum atomic E-state index is -0.194. The average Bonchev–Trinajstić information content (AvgIpc) is 2.57. The number of rotatable bonds is 7. The monoisotopic (exact) mass is 312 g/mol. The molecule has 0 saturated carbocycles. The smallest absolute Gasteiger partial charge is 0.223 e. The lowest BCUT2D eigenvalue weighted by atomic mass is 10.1. The SMILES string of the molecule is Cc1cccc(OCCC(=O)NCC(N)c2ccccc2)c1C. The van der Waals surface area contributed by atoms with E-state index in [0.717, 1.165) is 16.9 Å². The third kappa shape index (κ3) is 5.11. The highest BCUT2D eigenvalue weighted by Crippen LogP contribution is 2.20. The van der Waals surface area contributed by atoms with Crippen LogP contribution < -0.4 is 15.8 Å². The second-order valence-corrected chi connectivity index (χ2v) is 5.62. The van der Waals surface area contributed by atoms with Gasteiger partial charge in [-0.1, -0.05) is 42.5 Å². The minimum Gasteiger partial charge on any atom is -0.493 e. The van der Waals surface area contributed by atoms with E-state index in [1.54, 1.807) is 0 Å². The van der Waals surface area contributed by atoms with E-state index in [2.05, 4.69) is 5.32 Å². The first-order chi connectivity index (χ1) is 11.1. The first-order valence-corrected chi connectivity index (χ1v) is 7.84. The predicted octanol–water partition coefficient (Wildman–Crippen LogP) is 2.89. The predicted molar refractivity (Wildman–Crippen MR) is 92.4 cm³/mol. The Morgan fingerprint density at radius 1 is 1.13 bits per heavy atom. The lowest BCUT2D eigenvalue weighted by Crippen LogP contribution is -2.32. The standard InChI is InChI=1S/C19H24N2O2/c1-14-7-6-10-18(15(14)2)23-12-11-19(22)21-13-17(20)16-8-4-3-5-9-16/h3-10,17H,11-13,20H2,1-2H3,(H,21,22). The van der Waals surface area contributed by atoms with Crippen LogP contribution in [0.3, 0.4) is 0 Å². The fourth-order valence-corrected chi connectivity index (χ4v) is 2.26. The van der Waals surface area contributed by atoms with Gasteiger partial charge < -0.3 is 15.8 Å². The van der Waals surface area contributed by atoms with Crippen LogP contribution in [0.5, 0.6) is 5.75 Å². The second-order valence-electron chi connectivity index (χ2n) is 5.62. The van der Waals surface area contributed by atoms with E-state index in [-0.39, 0.29) is 11.9 Å². The van der Waals surface area contributed by atoms with Crippen molar-refractivity contribution in [3.05, 3.63) is 65.2 Å². The highest BCUT2D eigenvalue weighted by Gasteiger charge is 2.08. The van der Waals surface area contributed by atoms with Crippen LogP contribution in [0.4, 0.5) is 0 Å². The number of carbonyl (C=O) groups is 1. The number of amides is 1. The molecule has 0 aliphatic carbocycles. The van der Waals surface area contributed by atoms with Crippen molar-refractivity contribution in [3.8, 4) is 5.75 Å². The van der Waals surface area contributed by atoms with Gasteiger partial charge in [0.25, 0.3) is 0 Å². The highest BCUT2D eigenvalue weighted by molar-refractivity contribution is 5.76. The largest absolute Gasteiger partial charge is 0.493 e. The summed E-state index contributed by atoms with van der Waals surface area (Å²) in [4.78, 5) is 11.9. The number of aryl methyl sites for hydroxylation is 1. The summed E-state index contributed by atoms with van der Waals surface area (Å²) >= 11 is 0. The highest BCUT2D eigenvalue weighted by atomic mass is 16.5. The molecule has 1 amide bonds. The van der Waals surface area contributed by atoms with Gasteiger partial charge in [0.15, 0.2) is 0 Å². The molecule has 4 heteroatoms. The van der Waals surface area contributed by atoms with Crippen molar-refractivity contribution in [2.75, 3.05) is 13.2 Å². The zero-order chi connectivity index (χ0) is 16.7. The maximum absolute atomic E-state index is 11.9. The Morgan fingerprint density at radius 3 is 2.61 bits per heavy atom. The van der Waals surface area contributed by atoms with Gasteiger partial charge in [-0.25, -0.2) is 0 Å². The van der Waals surface area contributed by atoms with Gasteiger partial charge in [0, 0.05) is 12.6 Å². The molecule has 0 saturated heterocycles. The third-order valence-corrected chi connectivity index (χ3v) is 3.89. The molecule has 0 bridgehead atoms. The molecule has 3 N–H and O–H groups in total. The second kappa shape index (κ2) is 8.34. The van der Waals surface area contributed by atoms with E-state index >= 15 is 0 Å². The summed E-state index contributed by atoms with van der Waals surface area (Å²) in [5, 5.41) is 2.85. The summed E-state index contributed by atoms with van der Waals surface area (Å²) in [5.74, 6) is 0.778. The van der Waals surface area contributed by atoms with Gasteiger partial charge in [0.2, 0.25) is 5.91 Å². The van der Waals surface area contributed by atoms with Crippen LogP contribution in [0.25, 0.3) is 0 Å². The van der Waals surface area contributed by atoms with Gasteiger partial charge in [-0.2, -0.15) is 0 Å². The van der Waals surface area contributed by atoms with E-state index < -0.39 is 0 Å². The topological polar surface area (TPSA) is 64.3 Å². The molecule has 2 aromatic rings. The molecule has 122 valence electrons. The zero-order valence-electron chi connectivity index (χ0n) is 13.7. The molecule has 0 spiro atoms. The summed E-state index contributed by atoms with van der Waals surface area (Å²) in [7, 11) is 0. The van der Waals surface area contributed by atoms with Crippen LogP contribution in [0.1, 0.15) is 29.2 Å². The molecule has 2 aromatic carbocycles. The summed E-state index contributed by atoms with van der Waals surface area (Å²) in [6.45, 7) is 4.84. The van der Waals surface area contributed by atoms with E-state index in [1.165, 1.54) is 5.56 Å². The molecule has 0 aliphatic rings. The number of nitrogens with two attached hydrogens (primary N) is 1. The Bertz CT molecular complexity index is 641. The quantitative estimate of drug-likeness (QED) is 0.826. The van der Waals surface area contributed by atoms with Crippen molar-refractivity contribution in [2.24, 2.45) is 5.73 Å². The van der Waals surface area contributed by atoms with Gasteiger partial charge in [-0.15, -0.1) is 0 Å². The number of hydrogen-bond acceptors (Lipinski definition) is 3. The van der Waals surface area contributed by atoms with Crippen molar-refractivity contribution < 1.29 is 9.53 Å². The van der Waals surface area contributed by atoms with Gasteiger partial charge in [-0.3, -0.25) is 4.79 Å². The Morgan fingerprint density at radius 2 is 1.87 bits per heavy atom. The molecule has 4 nitrogen and oxygen atoms in total. The number of nitrogens with one attached hydrogen (secondary N) is 1. The lowest BCUT2D eigenvalue weighted by molar-refractivity contribution is -0.121. The molecule has 0 aromatic heterocycles. The summed E-state index contributed by atoms with van der Waals surface area (Å²) in [6.07, 6.45) is 0.314. The van der Waals surface area contributed by atoms with Crippen LogP contribution >= 0.6 is 0 Å². The molecule has 0 radical (unpaired) electrons. The fourth-order valence-electron chi connectivity index (χ4n) is 2.26. The number of benzene rings is 2. The molecule has 0 aliphatic heterocycles. The Kier molecular flexibility index (Phi) is 6.18. The van der Waals surface area contributed by atoms with Crippen molar-refractivity contribution >= 4 is 5.91 Å². The first kappa shape index (κ1) is 17.0. The third-order valence-electron chi connectivity index (χ3n) is 3.89. The van der Waals surface area contributed by atoms with Gasteiger partial charge in [-0.05, 0) is 36.6 Å². The molecule has 23 heavy (non-hydrogen) atoms. The van der Waals surface area contributed by atoms with Crippen LogP contribution in [-0.2, 0) is 4.79 Å². The van der Waals surface area contributed by atoms with Gasteiger partial charge in [0.05, 0.1) is 13.0 Å². The van der Waals surface area contributed by atoms with Crippen molar-refractivity contribution in [2.45, 2.75) is 26.3 Å². The Balaban J connectivity index is 1.72. The van der Waals surface area contributed by atoms with E-state index in [4.69, 9.17) is 10.5 Å². The molecular formula is C19H24N2O2. The van der Waals surface area contributed by atoms with Crippen LogP contribution in [0, 0.1) is 13.8 Å². The summed E-state index contributed by atoms with van der Waals surface area (Å²) in [5.41, 5.74) is 9.36. The zero-order valence-corrected chi connectivity index (χ0v) is 13.7. The summed E-state index contributed by atoms with van der Waals surface area (Å²) in [6, 6.07) is 15.5. The molecule has 1 unspecified atom stereocenters. The molecular weight excluding hydrogens is 288 g/mol. The van der Waals surface area contributed by atoms with Gasteiger partial charge in [0.1, 0.15) is 5.75 Å². The van der Waals surface area contributed by atoms with Crippen molar-refractivity contribution in [1.82, 2.24) is 5.32 Å². The fraction of sp³-hybridized carbons (Fsp3) is 0.316. The Labute approximate surface area is 137 Å². The molecule has 2 rings (SSSR count). The normalized spacial score (nSPS) is 11.8. The number of hydrogen-bond donors (Lipinski definition) is 2. The van der Waals surface area contributed by atoms with Crippen LogP contribution in [-0.4, -0.2) is 19.1 Å². The molecule has 0 heterocycles. The number of ether oxygens (including phenoxy) is 1.